The molecule has 0 radical (unpaired) electrons. The molecule has 136 valence electrons. The number of hydrogen-bond donors (Lipinski definition) is 0. The van der Waals surface area contributed by atoms with Crippen molar-refractivity contribution in [3.05, 3.63) is 43.2 Å². The molecule has 2 saturated carbocycles. The Morgan fingerprint density at radius 2 is 1.12 bits per heavy atom. The Kier molecular flexibility index (Phi) is 6.54. The molecule has 4 aliphatic rings. The Hall–Kier alpha value is -0.326. The zero-order chi connectivity index (χ0) is 16.9. The molecule has 0 N–H and O–H groups in total. The predicted octanol–water partition coefficient (Wildman–Crippen LogP) is 7.66. The van der Waals surface area contributed by atoms with Crippen LogP contribution in [0.3, 0.4) is 0 Å². The van der Waals surface area contributed by atoms with Gasteiger partial charge in [-0.1, -0.05) is 0 Å². The summed E-state index contributed by atoms with van der Waals surface area (Å²) >= 11 is -0.0438. The molecule has 0 bridgehead atoms. The molecule has 0 saturated heterocycles. The first-order valence-electron chi connectivity index (χ1n) is 10.9. The minimum atomic E-state index is -0.0438. The summed E-state index contributed by atoms with van der Waals surface area (Å²) in [7, 11) is 0. The first kappa shape index (κ1) is 18.1. The average Bonchev–Trinajstić information content (AvgIpc) is 3.27. The van der Waals surface area contributed by atoms with Crippen LogP contribution in [0.15, 0.2) is 43.2 Å². The second-order valence-electron chi connectivity index (χ2n) is 8.76. The van der Waals surface area contributed by atoms with E-state index in [1.54, 1.807) is 11.1 Å². The smallest absolute Gasteiger partial charge is 1.00 e. The molecule has 0 unspecified atom stereocenters. The van der Waals surface area contributed by atoms with Crippen LogP contribution in [0.4, 0.5) is 0 Å². The molecule has 0 aromatic rings. The normalized spacial score (nSPS) is 25.3. The molecule has 0 amide bonds. The van der Waals surface area contributed by atoms with Crippen molar-refractivity contribution in [2.75, 3.05) is 0 Å². The Bertz CT molecular complexity index is 536. The van der Waals surface area contributed by atoms with Gasteiger partial charge in [-0.3, -0.25) is 0 Å². The third kappa shape index (κ3) is 4.89. The number of hydrogen-bond acceptors (Lipinski definition) is 0. The van der Waals surface area contributed by atoms with Gasteiger partial charge in [0.2, 0.25) is 0 Å². The monoisotopic (exact) mass is 372 g/mol. The van der Waals surface area contributed by atoms with Gasteiger partial charge in [0.15, 0.2) is 0 Å². The van der Waals surface area contributed by atoms with Gasteiger partial charge in [-0.05, 0) is 0 Å². The van der Waals surface area contributed by atoms with Crippen molar-refractivity contribution in [2.45, 2.75) is 89.9 Å². The van der Waals surface area contributed by atoms with Crippen LogP contribution in [-0.4, -0.2) is 0 Å². The van der Waals surface area contributed by atoms with Crippen molar-refractivity contribution in [3.8, 4) is 0 Å². The Morgan fingerprint density at radius 1 is 0.680 bits per heavy atom. The third-order valence-electron chi connectivity index (χ3n) is 6.83. The zero-order valence-electron chi connectivity index (χ0n) is 17.9. The minimum Gasteiger partial charge on any atom is -1.00 e. The van der Waals surface area contributed by atoms with Crippen LogP contribution in [0.5, 0.6) is 0 Å². The summed E-state index contributed by atoms with van der Waals surface area (Å²) in [6.07, 6.45) is 30.1. The molecule has 25 heavy (non-hydrogen) atoms. The van der Waals surface area contributed by atoms with Crippen molar-refractivity contribution >= 4 is 0 Å². The molecule has 0 nitrogen and oxygen atoms in total. The molecular weight excluding hydrogens is 336 g/mol. The van der Waals surface area contributed by atoms with Crippen molar-refractivity contribution in [2.24, 2.45) is 11.8 Å². The second kappa shape index (κ2) is 9.05. The van der Waals surface area contributed by atoms with E-state index in [1.807, 2.05) is 7.76 Å². The van der Waals surface area contributed by atoms with Crippen LogP contribution < -0.4 is 0 Å². The van der Waals surface area contributed by atoms with E-state index in [4.69, 9.17) is 0 Å². The SMILES string of the molecule is C1=CC(CC2CCCCC2)=[C]([Ti+2][C]2=C(CC3CCCCC3)C=CC2)C1.[H-].[H-]. The molecular formula is C24H36Ti. The van der Waals surface area contributed by atoms with Crippen LogP contribution >= 0.6 is 0 Å². The van der Waals surface area contributed by atoms with Gasteiger partial charge >= 0.3 is 164 Å². The molecule has 0 aliphatic heterocycles. The van der Waals surface area contributed by atoms with Gasteiger partial charge in [-0.2, -0.15) is 0 Å². The minimum absolute atomic E-state index is 0. The average molecular weight is 372 g/mol. The zero-order valence-corrected chi connectivity index (χ0v) is 17.4. The van der Waals surface area contributed by atoms with E-state index < -0.39 is 0 Å². The van der Waals surface area contributed by atoms with Crippen molar-refractivity contribution < 1.29 is 22.0 Å². The van der Waals surface area contributed by atoms with Gasteiger partial charge in [0.25, 0.3) is 0 Å². The van der Waals surface area contributed by atoms with E-state index in [0.717, 1.165) is 11.8 Å². The van der Waals surface area contributed by atoms with Crippen LogP contribution in [0, 0.1) is 11.8 Å². The molecule has 0 spiro atoms. The maximum absolute atomic E-state index is 2.50. The largest absolute Gasteiger partial charge is 1.00 e. The fourth-order valence-corrected chi connectivity index (χ4v) is 7.67. The number of allylic oxidation sites excluding steroid dienone is 8. The van der Waals surface area contributed by atoms with Crippen molar-refractivity contribution in [1.29, 1.82) is 0 Å². The molecule has 0 aromatic carbocycles. The van der Waals surface area contributed by atoms with Crippen molar-refractivity contribution in [1.82, 2.24) is 0 Å². The summed E-state index contributed by atoms with van der Waals surface area (Å²) in [6.45, 7) is 0. The van der Waals surface area contributed by atoms with Gasteiger partial charge in [-0.15, -0.1) is 0 Å². The Morgan fingerprint density at radius 3 is 1.56 bits per heavy atom. The van der Waals surface area contributed by atoms with E-state index in [9.17, 15) is 0 Å². The summed E-state index contributed by atoms with van der Waals surface area (Å²) in [5.74, 6) is 1.98. The fourth-order valence-electron chi connectivity index (χ4n) is 5.33. The van der Waals surface area contributed by atoms with Crippen LogP contribution in [0.1, 0.15) is 92.7 Å². The third-order valence-corrected chi connectivity index (χ3v) is 9.41. The van der Waals surface area contributed by atoms with Gasteiger partial charge in [-0.25, -0.2) is 0 Å². The molecule has 1 heteroatoms. The Balaban J connectivity index is 0.00000131. The predicted molar refractivity (Wildman–Crippen MR) is 106 cm³/mol. The molecule has 4 aliphatic carbocycles. The summed E-state index contributed by atoms with van der Waals surface area (Å²) < 4.78 is 3.76. The fraction of sp³-hybridized carbons (Fsp3) is 0.667. The van der Waals surface area contributed by atoms with Crippen LogP contribution in [0.25, 0.3) is 0 Å². The van der Waals surface area contributed by atoms with E-state index in [-0.39, 0.29) is 22.0 Å². The van der Waals surface area contributed by atoms with Gasteiger partial charge in [0, 0.05) is 0 Å². The number of rotatable bonds is 6. The first-order valence-corrected chi connectivity index (χ1v) is 12.5. The maximum Gasteiger partial charge on any atom is -1.00 e. The first-order chi connectivity index (χ1) is 12.4. The van der Waals surface area contributed by atoms with E-state index in [2.05, 4.69) is 24.3 Å². The quantitative estimate of drug-likeness (QED) is 0.420. The summed E-state index contributed by atoms with van der Waals surface area (Å²) in [5, 5.41) is 0. The summed E-state index contributed by atoms with van der Waals surface area (Å²) in [4.78, 5) is 0. The van der Waals surface area contributed by atoms with Gasteiger partial charge in [0.1, 0.15) is 0 Å². The van der Waals surface area contributed by atoms with Gasteiger partial charge < -0.3 is 2.85 Å². The van der Waals surface area contributed by atoms with Crippen molar-refractivity contribution in [3.63, 3.8) is 0 Å². The molecule has 4 rings (SSSR count). The molecule has 0 heterocycles. The van der Waals surface area contributed by atoms with E-state index in [0.29, 0.717) is 0 Å². The summed E-state index contributed by atoms with van der Waals surface area (Å²) in [6, 6.07) is 0. The Labute approximate surface area is 166 Å². The standard InChI is InChI=1S/2C12H17.Ti.2H/c2*1-2-6-11(7-3-1)10-12-8-4-5-9-12;;;/h2*4,8,11H,1-3,5-7,10H2;;;/q;;+2;2*-1. The summed E-state index contributed by atoms with van der Waals surface area (Å²) in [5.41, 5.74) is 3.53. The topological polar surface area (TPSA) is 0 Å². The molecule has 0 aromatic heterocycles. The van der Waals surface area contributed by atoms with Crippen LogP contribution in [0.2, 0.25) is 0 Å². The maximum atomic E-state index is 2.50. The van der Waals surface area contributed by atoms with Gasteiger partial charge in [0.05, 0.1) is 0 Å². The van der Waals surface area contributed by atoms with E-state index in [1.165, 1.54) is 89.9 Å². The molecule has 0 atom stereocenters. The van der Waals surface area contributed by atoms with E-state index >= 15 is 0 Å². The second-order valence-corrected chi connectivity index (χ2v) is 11.0. The molecule has 2 fully saturated rings. The van der Waals surface area contributed by atoms with Crippen LogP contribution in [-0.2, 0) is 19.2 Å².